The Labute approximate surface area is 100 Å². The Morgan fingerprint density at radius 1 is 1.38 bits per heavy atom. The molecule has 2 heteroatoms. The first kappa shape index (κ1) is 13.7. The van der Waals surface area contributed by atoms with Crippen molar-refractivity contribution in [3.05, 3.63) is 11.6 Å². The van der Waals surface area contributed by atoms with E-state index in [0.717, 1.165) is 13.2 Å². The van der Waals surface area contributed by atoms with Crippen LogP contribution < -0.4 is 5.32 Å². The fourth-order valence-electron chi connectivity index (χ4n) is 2.40. The quantitative estimate of drug-likeness (QED) is 0.671. The van der Waals surface area contributed by atoms with Gasteiger partial charge in [-0.15, -0.1) is 0 Å². The molecule has 0 saturated heterocycles. The summed E-state index contributed by atoms with van der Waals surface area (Å²) in [5.41, 5.74) is 1.57. The summed E-state index contributed by atoms with van der Waals surface area (Å²) in [4.78, 5) is 0. The van der Waals surface area contributed by atoms with Crippen molar-refractivity contribution in [3.8, 4) is 0 Å². The van der Waals surface area contributed by atoms with Crippen LogP contribution in [0.1, 0.15) is 52.9 Å². The average Bonchev–Trinajstić information content (AvgIpc) is 2.31. The highest BCUT2D eigenvalue weighted by molar-refractivity contribution is 5.15. The lowest BCUT2D eigenvalue weighted by atomic mass is 9.91. The monoisotopic (exact) mass is 225 g/mol. The van der Waals surface area contributed by atoms with Crippen LogP contribution in [0.5, 0.6) is 0 Å². The van der Waals surface area contributed by atoms with Gasteiger partial charge in [0.1, 0.15) is 0 Å². The van der Waals surface area contributed by atoms with Crippen molar-refractivity contribution in [2.75, 3.05) is 13.2 Å². The highest BCUT2D eigenvalue weighted by atomic mass is 16.5. The Bertz CT molecular complexity index is 213. The van der Waals surface area contributed by atoms with E-state index in [1.54, 1.807) is 5.57 Å². The molecule has 0 fully saturated rings. The molecule has 0 heterocycles. The molecule has 16 heavy (non-hydrogen) atoms. The summed E-state index contributed by atoms with van der Waals surface area (Å²) in [6.45, 7) is 8.36. The maximum atomic E-state index is 5.75. The van der Waals surface area contributed by atoms with Gasteiger partial charge < -0.3 is 10.1 Å². The first-order valence-corrected chi connectivity index (χ1v) is 6.83. The van der Waals surface area contributed by atoms with Crippen LogP contribution in [0.3, 0.4) is 0 Å². The predicted molar refractivity (Wildman–Crippen MR) is 69.7 cm³/mol. The van der Waals surface area contributed by atoms with E-state index in [9.17, 15) is 0 Å². The molecule has 0 saturated carbocycles. The number of allylic oxidation sites excluding steroid dienone is 1. The van der Waals surface area contributed by atoms with Crippen LogP contribution >= 0.6 is 0 Å². The van der Waals surface area contributed by atoms with E-state index in [4.69, 9.17) is 4.74 Å². The van der Waals surface area contributed by atoms with Gasteiger partial charge in [0.2, 0.25) is 0 Å². The van der Waals surface area contributed by atoms with Gasteiger partial charge in [-0.25, -0.2) is 0 Å². The number of hydrogen-bond donors (Lipinski definition) is 1. The number of nitrogens with one attached hydrogen (secondary N) is 1. The lowest BCUT2D eigenvalue weighted by Gasteiger charge is -2.29. The molecular weight excluding hydrogens is 198 g/mol. The second-order valence-electron chi connectivity index (χ2n) is 4.62. The van der Waals surface area contributed by atoms with Crippen molar-refractivity contribution >= 4 is 0 Å². The summed E-state index contributed by atoms with van der Waals surface area (Å²) in [6.07, 6.45) is 9.09. The van der Waals surface area contributed by atoms with E-state index in [0.29, 0.717) is 12.1 Å². The van der Waals surface area contributed by atoms with Crippen LogP contribution in [0.2, 0.25) is 0 Å². The van der Waals surface area contributed by atoms with Gasteiger partial charge in [-0.05, 0) is 52.5 Å². The van der Waals surface area contributed by atoms with Crippen molar-refractivity contribution in [2.45, 2.75) is 65.0 Å². The summed E-state index contributed by atoms with van der Waals surface area (Å²) >= 11 is 0. The molecule has 0 radical (unpaired) electrons. The smallest absolute Gasteiger partial charge is 0.0738 e. The zero-order valence-corrected chi connectivity index (χ0v) is 11.1. The van der Waals surface area contributed by atoms with E-state index in [1.165, 1.54) is 32.1 Å². The Hall–Kier alpha value is -0.340. The summed E-state index contributed by atoms with van der Waals surface area (Å²) in [7, 11) is 0. The second kappa shape index (κ2) is 7.86. The summed E-state index contributed by atoms with van der Waals surface area (Å²) < 4.78 is 5.75. The molecule has 1 aliphatic rings. The molecule has 0 aromatic heterocycles. The Kier molecular flexibility index (Phi) is 6.74. The molecule has 0 aliphatic heterocycles. The Morgan fingerprint density at radius 2 is 2.19 bits per heavy atom. The standard InChI is InChI=1S/C14H27NO/c1-4-11-15-14(12(3)16-5-2)13-9-7-6-8-10-13/h9,12,14-15H,4-8,10-11H2,1-3H3. The van der Waals surface area contributed by atoms with E-state index < -0.39 is 0 Å². The van der Waals surface area contributed by atoms with Gasteiger partial charge in [-0.2, -0.15) is 0 Å². The SMILES string of the molecule is CCCNC(C1=CCCCC1)C(C)OCC. The van der Waals surface area contributed by atoms with Gasteiger partial charge in [0.05, 0.1) is 12.1 Å². The van der Waals surface area contributed by atoms with E-state index in [-0.39, 0.29) is 0 Å². The van der Waals surface area contributed by atoms with E-state index in [1.807, 2.05) is 0 Å². The topological polar surface area (TPSA) is 21.3 Å². The normalized spacial score (nSPS) is 20.3. The first-order chi connectivity index (χ1) is 7.79. The van der Waals surface area contributed by atoms with Gasteiger partial charge >= 0.3 is 0 Å². The van der Waals surface area contributed by atoms with Crippen molar-refractivity contribution in [1.29, 1.82) is 0 Å². The van der Waals surface area contributed by atoms with Crippen molar-refractivity contribution < 1.29 is 4.74 Å². The zero-order chi connectivity index (χ0) is 11.8. The minimum atomic E-state index is 0.292. The van der Waals surface area contributed by atoms with Gasteiger partial charge in [-0.1, -0.05) is 18.6 Å². The third-order valence-electron chi connectivity index (χ3n) is 3.24. The molecule has 2 unspecified atom stereocenters. The molecule has 1 rings (SSSR count). The lowest BCUT2D eigenvalue weighted by molar-refractivity contribution is 0.0554. The second-order valence-corrected chi connectivity index (χ2v) is 4.62. The van der Waals surface area contributed by atoms with Gasteiger partial charge in [-0.3, -0.25) is 0 Å². The van der Waals surface area contributed by atoms with Gasteiger partial charge in [0.25, 0.3) is 0 Å². The van der Waals surface area contributed by atoms with Crippen LogP contribution in [0.15, 0.2) is 11.6 Å². The number of ether oxygens (including phenoxy) is 1. The summed E-state index contributed by atoms with van der Waals surface area (Å²) in [6, 6.07) is 0.431. The largest absolute Gasteiger partial charge is 0.377 e. The Morgan fingerprint density at radius 3 is 2.75 bits per heavy atom. The molecule has 1 N–H and O–H groups in total. The van der Waals surface area contributed by atoms with Gasteiger partial charge in [0.15, 0.2) is 0 Å². The summed E-state index contributed by atoms with van der Waals surface area (Å²) in [5.74, 6) is 0. The summed E-state index contributed by atoms with van der Waals surface area (Å²) in [5, 5.41) is 3.63. The van der Waals surface area contributed by atoms with Crippen molar-refractivity contribution in [1.82, 2.24) is 5.32 Å². The fourth-order valence-corrected chi connectivity index (χ4v) is 2.40. The van der Waals surface area contributed by atoms with Crippen molar-refractivity contribution in [3.63, 3.8) is 0 Å². The minimum Gasteiger partial charge on any atom is -0.377 e. The van der Waals surface area contributed by atoms with Crippen LogP contribution in [0.4, 0.5) is 0 Å². The van der Waals surface area contributed by atoms with E-state index >= 15 is 0 Å². The molecular formula is C14H27NO. The third-order valence-corrected chi connectivity index (χ3v) is 3.24. The van der Waals surface area contributed by atoms with Gasteiger partial charge in [0, 0.05) is 6.61 Å². The molecule has 0 aromatic carbocycles. The highest BCUT2D eigenvalue weighted by Crippen LogP contribution is 2.23. The molecule has 0 amide bonds. The molecule has 0 bridgehead atoms. The van der Waals surface area contributed by atoms with Crippen LogP contribution in [0.25, 0.3) is 0 Å². The highest BCUT2D eigenvalue weighted by Gasteiger charge is 2.21. The van der Waals surface area contributed by atoms with Crippen LogP contribution in [-0.2, 0) is 4.74 Å². The maximum absolute atomic E-state index is 5.75. The maximum Gasteiger partial charge on any atom is 0.0738 e. The molecule has 1 aliphatic carbocycles. The fraction of sp³-hybridized carbons (Fsp3) is 0.857. The number of rotatable bonds is 7. The Balaban J connectivity index is 2.57. The average molecular weight is 225 g/mol. The van der Waals surface area contributed by atoms with Crippen LogP contribution in [-0.4, -0.2) is 25.3 Å². The first-order valence-electron chi connectivity index (χ1n) is 6.83. The molecule has 0 aromatic rings. The minimum absolute atomic E-state index is 0.292. The molecule has 0 spiro atoms. The zero-order valence-electron chi connectivity index (χ0n) is 11.1. The third kappa shape index (κ3) is 4.26. The van der Waals surface area contributed by atoms with Crippen LogP contribution in [0, 0.1) is 0 Å². The lowest BCUT2D eigenvalue weighted by Crippen LogP contribution is -2.42. The number of hydrogen-bond acceptors (Lipinski definition) is 2. The van der Waals surface area contributed by atoms with E-state index in [2.05, 4.69) is 32.2 Å². The molecule has 2 nitrogen and oxygen atoms in total. The molecule has 2 atom stereocenters. The predicted octanol–water partition coefficient (Wildman–Crippen LogP) is 3.28. The van der Waals surface area contributed by atoms with Crippen molar-refractivity contribution in [2.24, 2.45) is 0 Å². The molecule has 94 valence electrons.